The van der Waals surface area contributed by atoms with E-state index in [1.165, 1.54) is 24.5 Å². The van der Waals surface area contributed by atoms with Crippen molar-refractivity contribution in [1.82, 2.24) is 24.6 Å². The highest BCUT2D eigenvalue weighted by Gasteiger charge is 2.34. The van der Waals surface area contributed by atoms with Gasteiger partial charge in [-0.1, -0.05) is 12.1 Å². The molecule has 1 aliphatic heterocycles. The molecule has 2 aromatic carbocycles. The summed E-state index contributed by atoms with van der Waals surface area (Å²) in [6.07, 6.45) is -2.46. The van der Waals surface area contributed by atoms with E-state index in [-0.39, 0.29) is 57.6 Å². The molecule has 0 amide bonds. The maximum Gasteiger partial charge on any atom is 0.402 e. The topological polar surface area (TPSA) is 121 Å². The highest BCUT2D eigenvalue weighted by Crippen LogP contribution is 2.40. The second-order valence-corrected chi connectivity index (χ2v) is 12.0. The summed E-state index contributed by atoms with van der Waals surface area (Å²) in [6, 6.07) is 10.2. The summed E-state index contributed by atoms with van der Waals surface area (Å²) in [5, 5.41) is 6.46. The number of alkyl halides is 4. The highest BCUT2D eigenvalue weighted by molar-refractivity contribution is 7.90. The smallest absolute Gasteiger partial charge is 0.402 e. The average Bonchev–Trinajstić information content (AvgIpc) is 2.95. The molecular weight excluding hydrogens is 645 g/mol. The van der Waals surface area contributed by atoms with Crippen molar-refractivity contribution >= 4 is 45.0 Å². The number of anilines is 2. The third-order valence-corrected chi connectivity index (χ3v) is 8.28. The van der Waals surface area contributed by atoms with E-state index in [0.29, 0.717) is 29.8 Å². The number of aromatic nitrogens is 3. The van der Waals surface area contributed by atoms with E-state index < -0.39 is 40.6 Å². The summed E-state index contributed by atoms with van der Waals surface area (Å²) in [5.74, 6) is -0.390. The van der Waals surface area contributed by atoms with E-state index in [9.17, 15) is 30.4 Å². The Hall–Kier alpha value is -3.86. The Morgan fingerprint density at radius 2 is 1.82 bits per heavy atom. The first-order valence-corrected chi connectivity index (χ1v) is 14.8. The summed E-state index contributed by atoms with van der Waals surface area (Å²) in [6.45, 7) is 0.786. The van der Waals surface area contributed by atoms with Crippen molar-refractivity contribution in [3.05, 3.63) is 66.2 Å². The molecule has 0 unspecified atom stereocenters. The van der Waals surface area contributed by atoms with Crippen LogP contribution in [0, 0.1) is 12.7 Å². The van der Waals surface area contributed by atoms with Gasteiger partial charge in [0.15, 0.2) is 0 Å². The van der Waals surface area contributed by atoms with Crippen LogP contribution in [0.15, 0.2) is 54.9 Å². The quantitative estimate of drug-likeness (QED) is 0.196. The van der Waals surface area contributed by atoms with E-state index in [1.807, 2.05) is 4.72 Å². The van der Waals surface area contributed by atoms with Crippen molar-refractivity contribution in [1.29, 1.82) is 0 Å². The third kappa shape index (κ3) is 8.06. The third-order valence-electron chi connectivity index (χ3n) is 6.87. The van der Waals surface area contributed by atoms with Crippen LogP contribution >= 0.6 is 12.4 Å². The fourth-order valence-electron chi connectivity index (χ4n) is 4.77. The van der Waals surface area contributed by atoms with Gasteiger partial charge in [0.25, 0.3) is 0 Å². The molecule has 45 heavy (non-hydrogen) atoms. The van der Waals surface area contributed by atoms with E-state index >= 15 is 0 Å². The molecule has 2 atom stereocenters. The minimum absolute atomic E-state index is 0. The van der Waals surface area contributed by atoms with Crippen LogP contribution in [0.5, 0.6) is 11.6 Å². The molecule has 1 saturated heterocycles. The minimum atomic E-state index is -4.80. The summed E-state index contributed by atoms with van der Waals surface area (Å²) in [7, 11) is -4.04. The Kier molecular flexibility index (Phi) is 10.3. The first-order valence-electron chi connectivity index (χ1n) is 13.4. The van der Waals surface area contributed by atoms with Gasteiger partial charge < -0.3 is 15.4 Å². The van der Waals surface area contributed by atoms with Crippen LogP contribution in [-0.2, 0) is 10.2 Å². The second kappa shape index (κ2) is 13.6. The number of aryl methyl sites for hydroxylation is 1. The van der Waals surface area contributed by atoms with Crippen LogP contribution in [0.3, 0.4) is 0 Å². The largest absolute Gasteiger partial charge is 0.437 e. The number of hydrogen-bond acceptors (Lipinski definition) is 8. The van der Waals surface area contributed by atoms with Crippen molar-refractivity contribution in [2.45, 2.75) is 31.7 Å². The van der Waals surface area contributed by atoms with Gasteiger partial charge in [-0.3, -0.25) is 4.72 Å². The molecule has 242 valence electrons. The lowest BCUT2D eigenvalue weighted by Gasteiger charge is -2.26. The molecule has 0 saturated carbocycles. The Morgan fingerprint density at radius 3 is 2.56 bits per heavy atom. The van der Waals surface area contributed by atoms with Crippen molar-refractivity contribution in [3.8, 4) is 22.9 Å². The lowest BCUT2D eigenvalue weighted by Crippen LogP contribution is -2.44. The summed E-state index contributed by atoms with van der Waals surface area (Å²) in [4.78, 5) is 13.1. The van der Waals surface area contributed by atoms with Gasteiger partial charge in [0, 0.05) is 55.8 Å². The highest BCUT2D eigenvalue weighted by atomic mass is 35.5. The molecule has 17 heteroatoms. The lowest BCUT2D eigenvalue weighted by atomic mass is 10.0. The van der Waals surface area contributed by atoms with Crippen LogP contribution in [0.4, 0.5) is 33.6 Å². The number of fused-ring (bicyclic) bond motifs is 1. The molecular formula is C28H29ClF5N7O3S. The molecule has 0 spiro atoms. The zero-order chi connectivity index (χ0) is 31.6. The second-order valence-electron chi connectivity index (χ2n) is 10.3. The molecule has 10 nitrogen and oxygen atoms in total. The van der Waals surface area contributed by atoms with Crippen molar-refractivity contribution < 1.29 is 35.1 Å². The molecule has 1 fully saturated rings. The number of ether oxygens (including phenoxy) is 1. The van der Waals surface area contributed by atoms with Gasteiger partial charge in [-0.05, 0) is 42.8 Å². The molecule has 3 heterocycles. The fourth-order valence-corrected chi connectivity index (χ4v) is 5.71. The number of nitrogens with one attached hydrogen (secondary N) is 3. The van der Waals surface area contributed by atoms with E-state index in [1.54, 1.807) is 31.2 Å². The average molecular weight is 674 g/mol. The summed E-state index contributed by atoms with van der Waals surface area (Å²) >= 11 is 0. The molecule has 1 aliphatic rings. The normalized spacial score (nSPS) is 17.2. The number of pyridine rings is 1. The molecule has 2 aromatic heterocycles. The van der Waals surface area contributed by atoms with Crippen LogP contribution in [0.25, 0.3) is 22.0 Å². The summed E-state index contributed by atoms with van der Waals surface area (Å²) in [5.41, 5.74) is 0.953. The van der Waals surface area contributed by atoms with E-state index in [4.69, 9.17) is 4.74 Å². The monoisotopic (exact) mass is 673 g/mol. The molecule has 4 aromatic rings. The molecule has 0 bridgehead atoms. The number of rotatable bonds is 9. The van der Waals surface area contributed by atoms with Gasteiger partial charge in [-0.15, -0.1) is 12.4 Å². The Morgan fingerprint density at radius 1 is 1.07 bits per heavy atom. The molecule has 0 radical (unpaired) electrons. The van der Waals surface area contributed by atoms with Crippen LogP contribution < -0.4 is 20.1 Å². The zero-order valence-corrected chi connectivity index (χ0v) is 25.5. The van der Waals surface area contributed by atoms with Crippen LogP contribution in [0.1, 0.15) is 12.0 Å². The SMILES string of the molecule is Cc1ccc2c(NS(=O)(=O)N(C)CC(F)(F)F)c(F)ccc2c1Oc1ncccc1-c1ccnc(N[C@@H]2CNC[C@@H](F)C2)n1.Cl. The van der Waals surface area contributed by atoms with Gasteiger partial charge >= 0.3 is 16.4 Å². The van der Waals surface area contributed by atoms with Gasteiger partial charge in [0.2, 0.25) is 11.8 Å². The zero-order valence-electron chi connectivity index (χ0n) is 23.9. The van der Waals surface area contributed by atoms with Gasteiger partial charge in [-0.2, -0.15) is 25.9 Å². The lowest BCUT2D eigenvalue weighted by molar-refractivity contribution is -0.134. The molecule has 0 aliphatic carbocycles. The summed E-state index contributed by atoms with van der Waals surface area (Å²) < 4.78 is 101. The van der Waals surface area contributed by atoms with Gasteiger partial charge in [0.05, 0.1) is 16.9 Å². The maximum atomic E-state index is 15.0. The van der Waals surface area contributed by atoms with Crippen molar-refractivity contribution in [2.24, 2.45) is 0 Å². The van der Waals surface area contributed by atoms with Crippen LogP contribution in [-0.4, -0.2) is 72.7 Å². The Labute approximate surface area is 262 Å². The molecule has 5 rings (SSSR count). The first kappa shape index (κ1) is 34.0. The number of hydrogen-bond donors (Lipinski definition) is 3. The molecule has 3 N–H and O–H groups in total. The maximum absolute atomic E-state index is 15.0. The predicted molar refractivity (Wildman–Crippen MR) is 162 cm³/mol. The van der Waals surface area contributed by atoms with Crippen molar-refractivity contribution in [3.63, 3.8) is 0 Å². The number of nitrogens with zero attached hydrogens (tertiary/aromatic N) is 4. The first-order chi connectivity index (χ1) is 20.8. The predicted octanol–water partition coefficient (Wildman–Crippen LogP) is 5.62. The Balaban J connectivity index is 0.00000461. The Bertz CT molecular complexity index is 1780. The number of benzene rings is 2. The van der Waals surface area contributed by atoms with Crippen LogP contribution in [0.2, 0.25) is 0 Å². The van der Waals surface area contributed by atoms with E-state index in [2.05, 4.69) is 25.6 Å². The van der Waals surface area contributed by atoms with Crippen molar-refractivity contribution in [2.75, 3.05) is 36.7 Å². The number of piperidine rings is 1. The van der Waals surface area contributed by atoms with E-state index in [0.717, 1.165) is 13.1 Å². The number of halogens is 6. The minimum Gasteiger partial charge on any atom is -0.437 e. The van der Waals surface area contributed by atoms with Gasteiger partial charge in [-0.25, -0.2) is 23.7 Å². The standard InChI is InChI=1S/C28H28F5N7O3S.ClH/c1-16-5-6-19-20(7-8-22(30)24(19)39-44(41,42)40(2)15-28(31,32)33)25(16)43-26-21(4-3-10-35-26)23-9-11-36-27(38-23)37-18-12-17(29)13-34-14-18;/h3-11,17-18,34,39H,12-15H2,1-2H3,(H,36,37,38);1H/t17-,18-;/m0./s1. The van der Waals surface area contributed by atoms with Gasteiger partial charge in [0.1, 0.15) is 24.3 Å². The fraction of sp³-hybridized carbons (Fsp3) is 0.321.